The fourth-order valence-corrected chi connectivity index (χ4v) is 6.63. The lowest BCUT2D eigenvalue weighted by atomic mass is 9.45. The van der Waals surface area contributed by atoms with E-state index in [9.17, 15) is 14.4 Å². The molecule has 0 unspecified atom stereocenters. The van der Waals surface area contributed by atoms with E-state index in [1.165, 1.54) is 0 Å². The lowest BCUT2D eigenvalue weighted by Gasteiger charge is -2.57. The summed E-state index contributed by atoms with van der Waals surface area (Å²) in [7, 11) is 0. The first-order chi connectivity index (χ1) is 10.9. The van der Waals surface area contributed by atoms with Crippen molar-refractivity contribution in [3.05, 3.63) is 11.6 Å². The van der Waals surface area contributed by atoms with E-state index in [1.807, 2.05) is 0 Å². The average Bonchev–Trinajstić information content (AvgIpc) is 2.84. The predicted octanol–water partition coefficient (Wildman–Crippen LogP) is 3.51. The van der Waals surface area contributed by atoms with E-state index < -0.39 is 5.41 Å². The zero-order chi connectivity index (χ0) is 16.4. The summed E-state index contributed by atoms with van der Waals surface area (Å²) in [6, 6.07) is 0. The van der Waals surface area contributed by atoms with Gasteiger partial charge in [-0.15, -0.1) is 0 Å². The van der Waals surface area contributed by atoms with Gasteiger partial charge in [0, 0.05) is 18.3 Å². The number of hydrogen-bond donors (Lipinski definition) is 0. The third kappa shape index (κ3) is 1.85. The van der Waals surface area contributed by atoms with Crippen LogP contribution in [0.25, 0.3) is 0 Å². The summed E-state index contributed by atoms with van der Waals surface area (Å²) in [5, 5.41) is 0. The smallest absolute Gasteiger partial charge is 0.155 e. The Labute approximate surface area is 137 Å². The second kappa shape index (κ2) is 4.87. The van der Waals surface area contributed by atoms with Gasteiger partial charge in [-0.25, -0.2) is 0 Å². The minimum Gasteiger partial charge on any atom is -0.302 e. The molecule has 4 aliphatic rings. The Hall–Kier alpha value is -1.25. The lowest BCUT2D eigenvalue weighted by Crippen LogP contribution is -2.54. The molecule has 0 N–H and O–H groups in total. The molecule has 0 aliphatic heterocycles. The van der Waals surface area contributed by atoms with Gasteiger partial charge in [-0.05, 0) is 61.9 Å². The molecule has 3 fully saturated rings. The van der Waals surface area contributed by atoms with Crippen LogP contribution >= 0.6 is 0 Å². The van der Waals surface area contributed by atoms with Gasteiger partial charge in [-0.2, -0.15) is 0 Å². The fraction of sp³-hybridized carbons (Fsp3) is 0.750. The Morgan fingerprint density at radius 1 is 1.13 bits per heavy atom. The largest absolute Gasteiger partial charge is 0.302 e. The first-order valence-electron chi connectivity index (χ1n) is 9.17. The molecule has 6 atom stereocenters. The molecular formula is C20H26O3. The van der Waals surface area contributed by atoms with Gasteiger partial charge in [0.05, 0.1) is 5.41 Å². The molecule has 3 saturated carbocycles. The van der Waals surface area contributed by atoms with E-state index in [4.69, 9.17) is 0 Å². The molecule has 0 bridgehead atoms. The van der Waals surface area contributed by atoms with Crippen LogP contribution in [0.3, 0.4) is 0 Å². The summed E-state index contributed by atoms with van der Waals surface area (Å²) in [5.41, 5.74) is 0.512. The number of fused-ring (bicyclic) bond motifs is 5. The molecule has 124 valence electrons. The lowest BCUT2D eigenvalue weighted by molar-refractivity contribution is -0.137. The molecule has 0 amide bonds. The Kier molecular flexibility index (Phi) is 3.24. The summed E-state index contributed by atoms with van der Waals surface area (Å²) in [6.07, 6.45) is 8.76. The van der Waals surface area contributed by atoms with Crippen LogP contribution in [0.15, 0.2) is 11.6 Å². The van der Waals surface area contributed by atoms with Crippen LogP contribution in [0.1, 0.15) is 58.8 Å². The maximum Gasteiger partial charge on any atom is 0.155 e. The van der Waals surface area contributed by atoms with Crippen LogP contribution in [0.4, 0.5) is 0 Å². The van der Waals surface area contributed by atoms with Gasteiger partial charge in [0.15, 0.2) is 5.78 Å². The van der Waals surface area contributed by atoms with Crippen molar-refractivity contribution in [1.82, 2.24) is 0 Å². The SMILES string of the molecule is C[C@@H]1C[C@@H]2[C@H](CC[C@]3(C)C(=O)CC[C@@H]23)[C@@]2(C=O)CCC(=O)C=C12. The maximum atomic E-state index is 12.4. The fourth-order valence-electron chi connectivity index (χ4n) is 6.63. The molecule has 4 rings (SSSR count). The first-order valence-corrected chi connectivity index (χ1v) is 9.17. The Balaban J connectivity index is 1.78. The van der Waals surface area contributed by atoms with Gasteiger partial charge < -0.3 is 4.79 Å². The number of Topliss-reactive ketones (excluding diaryl/α,β-unsaturated/α-hetero) is 1. The highest BCUT2D eigenvalue weighted by molar-refractivity contribution is 5.94. The number of allylic oxidation sites excluding steroid dienone is 1. The van der Waals surface area contributed by atoms with Gasteiger partial charge >= 0.3 is 0 Å². The molecule has 3 heteroatoms. The van der Waals surface area contributed by atoms with Crippen LogP contribution in [0.5, 0.6) is 0 Å². The van der Waals surface area contributed by atoms with Gasteiger partial charge in [0.25, 0.3) is 0 Å². The Morgan fingerprint density at radius 2 is 1.91 bits per heavy atom. The van der Waals surface area contributed by atoms with Gasteiger partial charge in [-0.1, -0.05) is 19.4 Å². The zero-order valence-corrected chi connectivity index (χ0v) is 14.1. The van der Waals surface area contributed by atoms with Crippen molar-refractivity contribution in [2.45, 2.75) is 58.8 Å². The van der Waals surface area contributed by atoms with Crippen molar-refractivity contribution in [2.75, 3.05) is 0 Å². The zero-order valence-electron chi connectivity index (χ0n) is 14.1. The highest BCUT2D eigenvalue weighted by atomic mass is 16.1. The summed E-state index contributed by atoms with van der Waals surface area (Å²) in [6.45, 7) is 4.33. The van der Waals surface area contributed by atoms with Gasteiger partial charge in [-0.3, -0.25) is 9.59 Å². The first kappa shape index (κ1) is 15.3. The van der Waals surface area contributed by atoms with E-state index in [2.05, 4.69) is 13.8 Å². The van der Waals surface area contributed by atoms with Crippen molar-refractivity contribution < 1.29 is 14.4 Å². The average molecular weight is 314 g/mol. The van der Waals surface area contributed by atoms with Crippen LogP contribution < -0.4 is 0 Å². The minimum atomic E-state index is -0.427. The second-order valence-corrected chi connectivity index (χ2v) is 8.66. The van der Waals surface area contributed by atoms with Gasteiger partial charge in [0.2, 0.25) is 0 Å². The molecule has 0 aromatic carbocycles. The van der Waals surface area contributed by atoms with E-state index >= 15 is 0 Å². The van der Waals surface area contributed by atoms with Gasteiger partial charge in [0.1, 0.15) is 12.1 Å². The number of rotatable bonds is 1. The molecule has 0 spiro atoms. The quantitative estimate of drug-likeness (QED) is 0.696. The number of aldehydes is 1. The molecule has 3 nitrogen and oxygen atoms in total. The summed E-state index contributed by atoms with van der Waals surface area (Å²) in [4.78, 5) is 36.6. The van der Waals surface area contributed by atoms with Crippen LogP contribution in [0.2, 0.25) is 0 Å². The second-order valence-electron chi connectivity index (χ2n) is 8.66. The van der Waals surface area contributed by atoms with E-state index in [-0.39, 0.29) is 17.1 Å². The topological polar surface area (TPSA) is 51.2 Å². The molecule has 0 heterocycles. The maximum absolute atomic E-state index is 12.4. The summed E-state index contributed by atoms with van der Waals surface area (Å²) in [5.74, 6) is 2.13. The van der Waals surface area contributed by atoms with E-state index in [0.717, 1.165) is 37.5 Å². The summed E-state index contributed by atoms with van der Waals surface area (Å²) < 4.78 is 0. The highest BCUT2D eigenvalue weighted by Gasteiger charge is 2.61. The molecule has 4 aliphatic carbocycles. The van der Waals surface area contributed by atoms with E-state index in [1.54, 1.807) is 6.08 Å². The van der Waals surface area contributed by atoms with Crippen molar-refractivity contribution in [1.29, 1.82) is 0 Å². The van der Waals surface area contributed by atoms with Crippen LogP contribution in [0, 0.1) is 34.5 Å². The Morgan fingerprint density at radius 3 is 2.65 bits per heavy atom. The summed E-state index contributed by atoms with van der Waals surface area (Å²) >= 11 is 0. The molecule has 0 aromatic heterocycles. The molecule has 0 radical (unpaired) electrons. The number of carbonyl (C=O) groups excluding carboxylic acids is 3. The van der Waals surface area contributed by atoms with Crippen LogP contribution in [-0.4, -0.2) is 17.9 Å². The monoisotopic (exact) mass is 314 g/mol. The number of carbonyl (C=O) groups is 3. The number of ketones is 2. The molecule has 0 saturated heterocycles. The third-order valence-corrected chi connectivity index (χ3v) is 7.81. The van der Waals surface area contributed by atoms with Crippen molar-refractivity contribution in [3.8, 4) is 0 Å². The standard InChI is InChI=1S/C20H26O3/c1-12-9-14-15-3-4-18(23)19(15,2)7-6-16(14)20(11-21)8-5-13(22)10-17(12)20/h10-12,14-16H,3-9H2,1-2H3/t12-,14+,15+,16+,19+,20+/m1/s1. The molecule has 23 heavy (non-hydrogen) atoms. The Bertz CT molecular complexity index is 618. The van der Waals surface area contributed by atoms with Crippen LogP contribution in [-0.2, 0) is 14.4 Å². The normalized spacial score (nSPS) is 49.0. The number of hydrogen-bond acceptors (Lipinski definition) is 3. The molecule has 0 aromatic rings. The third-order valence-electron chi connectivity index (χ3n) is 7.81. The van der Waals surface area contributed by atoms with Crippen molar-refractivity contribution in [3.63, 3.8) is 0 Å². The van der Waals surface area contributed by atoms with E-state index in [0.29, 0.717) is 42.8 Å². The minimum absolute atomic E-state index is 0.156. The van der Waals surface area contributed by atoms with Crippen molar-refractivity contribution >= 4 is 17.9 Å². The predicted molar refractivity (Wildman–Crippen MR) is 86.7 cm³/mol. The highest BCUT2D eigenvalue weighted by Crippen LogP contribution is 2.64. The molecular weight excluding hydrogens is 288 g/mol. The van der Waals surface area contributed by atoms with Crippen molar-refractivity contribution in [2.24, 2.45) is 34.5 Å².